The molecule has 1 atom stereocenters. The number of rotatable bonds is 5. The van der Waals surface area contributed by atoms with E-state index < -0.39 is 5.54 Å². The van der Waals surface area contributed by atoms with Gasteiger partial charge in [0.1, 0.15) is 0 Å². The average Bonchev–Trinajstić information content (AvgIpc) is 2.55. The zero-order chi connectivity index (χ0) is 15.3. The summed E-state index contributed by atoms with van der Waals surface area (Å²) in [5, 5.41) is 12.6. The van der Waals surface area contributed by atoms with E-state index in [2.05, 4.69) is 5.32 Å². The van der Waals surface area contributed by atoms with E-state index in [0.29, 0.717) is 12.1 Å². The van der Waals surface area contributed by atoms with Gasteiger partial charge in [-0.1, -0.05) is 42.5 Å². The molecule has 0 heterocycles. The minimum atomic E-state index is -0.815. The Morgan fingerprint density at radius 3 is 2.29 bits per heavy atom. The van der Waals surface area contributed by atoms with Crippen LogP contribution in [0.3, 0.4) is 0 Å². The SMILES string of the molecule is CC(CO)(NC(=O)c1ccc(CN)cc1)c1ccccc1. The molecule has 0 bridgehead atoms. The van der Waals surface area contributed by atoms with E-state index in [1.807, 2.05) is 42.5 Å². The topological polar surface area (TPSA) is 75.3 Å². The quantitative estimate of drug-likeness (QED) is 0.783. The van der Waals surface area contributed by atoms with Gasteiger partial charge in [-0.05, 0) is 30.2 Å². The van der Waals surface area contributed by atoms with Crippen LogP contribution in [0.2, 0.25) is 0 Å². The number of aliphatic hydroxyl groups is 1. The van der Waals surface area contributed by atoms with Gasteiger partial charge in [-0.25, -0.2) is 0 Å². The molecule has 0 radical (unpaired) electrons. The first-order valence-corrected chi connectivity index (χ1v) is 6.87. The molecule has 2 aromatic rings. The van der Waals surface area contributed by atoms with Gasteiger partial charge in [0, 0.05) is 12.1 Å². The van der Waals surface area contributed by atoms with E-state index in [4.69, 9.17) is 5.73 Å². The molecular formula is C17H20N2O2. The molecule has 0 spiro atoms. The predicted octanol–water partition coefficient (Wildman–Crippen LogP) is 1.78. The van der Waals surface area contributed by atoms with Crippen molar-refractivity contribution >= 4 is 5.91 Å². The molecule has 2 rings (SSSR count). The first-order valence-electron chi connectivity index (χ1n) is 6.87. The number of nitrogens with two attached hydrogens (primary N) is 1. The highest BCUT2D eigenvalue weighted by Gasteiger charge is 2.28. The van der Waals surface area contributed by atoms with Gasteiger partial charge in [0.2, 0.25) is 0 Å². The maximum absolute atomic E-state index is 12.3. The Kier molecular flexibility index (Phi) is 4.73. The highest BCUT2D eigenvalue weighted by molar-refractivity contribution is 5.94. The van der Waals surface area contributed by atoms with Gasteiger partial charge < -0.3 is 16.2 Å². The molecule has 0 saturated heterocycles. The lowest BCUT2D eigenvalue weighted by molar-refractivity contribution is 0.0849. The van der Waals surface area contributed by atoms with Gasteiger partial charge in [-0.15, -0.1) is 0 Å². The van der Waals surface area contributed by atoms with Crippen LogP contribution < -0.4 is 11.1 Å². The Morgan fingerprint density at radius 1 is 1.14 bits per heavy atom. The maximum Gasteiger partial charge on any atom is 0.252 e. The minimum absolute atomic E-state index is 0.177. The average molecular weight is 284 g/mol. The number of amides is 1. The summed E-state index contributed by atoms with van der Waals surface area (Å²) < 4.78 is 0. The third kappa shape index (κ3) is 3.48. The summed E-state index contributed by atoms with van der Waals surface area (Å²) in [4.78, 5) is 12.3. The minimum Gasteiger partial charge on any atom is -0.394 e. The molecule has 0 fully saturated rings. The Bertz CT molecular complexity index is 596. The molecule has 1 amide bonds. The highest BCUT2D eigenvalue weighted by Crippen LogP contribution is 2.20. The summed E-state index contributed by atoms with van der Waals surface area (Å²) in [7, 11) is 0. The maximum atomic E-state index is 12.3. The molecule has 4 heteroatoms. The van der Waals surface area contributed by atoms with Crippen molar-refractivity contribution in [2.45, 2.75) is 19.0 Å². The van der Waals surface area contributed by atoms with Crippen molar-refractivity contribution in [1.82, 2.24) is 5.32 Å². The number of hydrogen-bond donors (Lipinski definition) is 3. The van der Waals surface area contributed by atoms with Crippen LogP contribution >= 0.6 is 0 Å². The molecule has 0 aliphatic heterocycles. The Balaban J connectivity index is 2.19. The first-order chi connectivity index (χ1) is 10.1. The van der Waals surface area contributed by atoms with Crippen LogP contribution in [0.4, 0.5) is 0 Å². The van der Waals surface area contributed by atoms with Crippen molar-refractivity contribution in [3.05, 3.63) is 71.3 Å². The van der Waals surface area contributed by atoms with Crippen molar-refractivity contribution in [2.75, 3.05) is 6.61 Å². The Labute approximate surface area is 124 Å². The van der Waals surface area contributed by atoms with Crippen LogP contribution in [0.25, 0.3) is 0 Å². The van der Waals surface area contributed by atoms with Crippen molar-refractivity contribution in [1.29, 1.82) is 0 Å². The normalized spacial score (nSPS) is 13.5. The second-order valence-corrected chi connectivity index (χ2v) is 5.21. The molecule has 21 heavy (non-hydrogen) atoms. The van der Waals surface area contributed by atoms with Crippen LogP contribution in [-0.4, -0.2) is 17.6 Å². The number of aliphatic hydroxyl groups excluding tert-OH is 1. The zero-order valence-electron chi connectivity index (χ0n) is 12.0. The molecule has 0 aromatic heterocycles. The number of carbonyl (C=O) groups excluding carboxylic acids is 1. The molecule has 4 N–H and O–H groups in total. The van der Waals surface area contributed by atoms with Gasteiger partial charge in [-0.3, -0.25) is 4.79 Å². The molecule has 0 saturated carbocycles. The summed E-state index contributed by atoms with van der Waals surface area (Å²) in [6.07, 6.45) is 0. The lowest BCUT2D eigenvalue weighted by Gasteiger charge is -2.29. The lowest BCUT2D eigenvalue weighted by atomic mass is 9.92. The second-order valence-electron chi connectivity index (χ2n) is 5.21. The fourth-order valence-electron chi connectivity index (χ4n) is 2.12. The Morgan fingerprint density at radius 2 is 1.76 bits per heavy atom. The van der Waals surface area contributed by atoms with E-state index in [9.17, 15) is 9.90 Å². The summed E-state index contributed by atoms with van der Waals surface area (Å²) in [6.45, 7) is 2.07. The third-order valence-electron chi connectivity index (χ3n) is 3.57. The van der Waals surface area contributed by atoms with E-state index >= 15 is 0 Å². The number of carbonyl (C=O) groups is 1. The second kappa shape index (κ2) is 6.52. The van der Waals surface area contributed by atoms with Crippen molar-refractivity contribution < 1.29 is 9.90 Å². The van der Waals surface area contributed by atoms with Gasteiger partial charge >= 0.3 is 0 Å². The molecule has 0 aliphatic carbocycles. The van der Waals surface area contributed by atoms with Crippen molar-refractivity contribution in [2.24, 2.45) is 5.73 Å². The molecule has 1 unspecified atom stereocenters. The predicted molar refractivity (Wildman–Crippen MR) is 82.7 cm³/mol. The summed E-state index contributed by atoms with van der Waals surface area (Å²) in [5.74, 6) is -0.223. The zero-order valence-corrected chi connectivity index (χ0v) is 12.0. The van der Waals surface area contributed by atoms with Gasteiger partial charge in [-0.2, -0.15) is 0 Å². The van der Waals surface area contributed by atoms with Gasteiger partial charge in [0.25, 0.3) is 5.91 Å². The van der Waals surface area contributed by atoms with Crippen LogP contribution in [0.1, 0.15) is 28.4 Å². The van der Waals surface area contributed by atoms with Crippen LogP contribution in [0, 0.1) is 0 Å². The molecular weight excluding hydrogens is 264 g/mol. The van der Waals surface area contributed by atoms with Crippen LogP contribution in [0.15, 0.2) is 54.6 Å². The van der Waals surface area contributed by atoms with Gasteiger partial charge in [0.05, 0.1) is 12.1 Å². The highest BCUT2D eigenvalue weighted by atomic mass is 16.3. The van der Waals surface area contributed by atoms with Crippen LogP contribution in [0.5, 0.6) is 0 Å². The smallest absolute Gasteiger partial charge is 0.252 e. The Hall–Kier alpha value is -2.17. The van der Waals surface area contributed by atoms with E-state index in [1.54, 1.807) is 19.1 Å². The van der Waals surface area contributed by atoms with Gasteiger partial charge in [0.15, 0.2) is 0 Å². The largest absolute Gasteiger partial charge is 0.394 e. The summed E-state index contributed by atoms with van der Waals surface area (Å²) >= 11 is 0. The molecule has 0 aliphatic rings. The number of benzene rings is 2. The van der Waals surface area contributed by atoms with E-state index in [-0.39, 0.29) is 12.5 Å². The monoisotopic (exact) mass is 284 g/mol. The van der Waals surface area contributed by atoms with Crippen molar-refractivity contribution in [3.63, 3.8) is 0 Å². The number of hydrogen-bond acceptors (Lipinski definition) is 3. The molecule has 110 valence electrons. The van der Waals surface area contributed by atoms with Crippen LogP contribution in [-0.2, 0) is 12.1 Å². The molecule has 2 aromatic carbocycles. The molecule has 4 nitrogen and oxygen atoms in total. The van der Waals surface area contributed by atoms with E-state index in [0.717, 1.165) is 11.1 Å². The lowest BCUT2D eigenvalue weighted by Crippen LogP contribution is -2.46. The van der Waals surface area contributed by atoms with E-state index in [1.165, 1.54) is 0 Å². The fourth-order valence-corrected chi connectivity index (χ4v) is 2.12. The van der Waals surface area contributed by atoms with Crippen molar-refractivity contribution in [3.8, 4) is 0 Å². The fraction of sp³-hybridized carbons (Fsp3) is 0.235. The summed E-state index contributed by atoms with van der Waals surface area (Å²) in [6, 6.07) is 16.6. The first kappa shape index (κ1) is 15.2. The number of nitrogens with one attached hydrogen (secondary N) is 1. The third-order valence-corrected chi connectivity index (χ3v) is 3.57. The summed E-state index contributed by atoms with van der Waals surface area (Å²) in [5.41, 5.74) is 7.10. The standard InChI is InChI=1S/C17H20N2O2/c1-17(12-20,15-5-3-2-4-6-15)19-16(21)14-9-7-13(11-18)8-10-14/h2-10,20H,11-12,18H2,1H3,(H,19,21).